The van der Waals surface area contributed by atoms with Gasteiger partial charge in [0.25, 0.3) is 0 Å². The Kier molecular flexibility index (Phi) is 2.42. The van der Waals surface area contributed by atoms with Crippen LogP contribution in [0.1, 0.15) is 6.42 Å². The fraction of sp³-hybridized carbons (Fsp3) is 0.800. The maximum atomic E-state index is 10.2. The van der Waals surface area contributed by atoms with Crippen molar-refractivity contribution in [3.8, 4) is 0 Å². The SMILES string of the molecule is O=C[C@@H]1C[C@@H](O)CN1I. The van der Waals surface area contributed by atoms with Gasteiger partial charge in [-0.1, -0.05) is 0 Å². The van der Waals surface area contributed by atoms with Gasteiger partial charge in [-0.05, 0) is 6.42 Å². The maximum absolute atomic E-state index is 10.2. The van der Waals surface area contributed by atoms with Crippen molar-refractivity contribution >= 4 is 29.2 Å². The second-order valence-electron chi connectivity index (χ2n) is 2.18. The smallest absolute Gasteiger partial charge is 0.138 e. The molecular weight excluding hydrogens is 233 g/mol. The van der Waals surface area contributed by atoms with Crippen LogP contribution < -0.4 is 0 Å². The Bertz CT molecular complexity index is 120. The molecule has 1 heterocycles. The summed E-state index contributed by atoms with van der Waals surface area (Å²) >= 11 is 2.05. The first kappa shape index (κ1) is 7.43. The lowest BCUT2D eigenvalue weighted by atomic mass is 10.2. The molecular formula is C5H8INO2. The van der Waals surface area contributed by atoms with Gasteiger partial charge in [0.15, 0.2) is 0 Å². The number of nitrogens with zero attached hydrogens (tertiary/aromatic N) is 1. The van der Waals surface area contributed by atoms with Gasteiger partial charge < -0.3 is 9.90 Å². The fourth-order valence-electron chi connectivity index (χ4n) is 0.926. The quantitative estimate of drug-likeness (QED) is 0.398. The van der Waals surface area contributed by atoms with Crippen LogP contribution in [0.15, 0.2) is 0 Å². The topological polar surface area (TPSA) is 40.5 Å². The number of hydrogen-bond donors (Lipinski definition) is 1. The fourth-order valence-corrected chi connectivity index (χ4v) is 1.74. The highest BCUT2D eigenvalue weighted by atomic mass is 127. The Morgan fingerprint density at radius 2 is 2.44 bits per heavy atom. The average Bonchev–Trinajstić information content (AvgIpc) is 2.10. The molecule has 0 bridgehead atoms. The third-order valence-electron chi connectivity index (χ3n) is 1.42. The number of β-amino-alcohol motifs (C(OH)–C–C–N with tert-alkyl or cyclic N) is 1. The van der Waals surface area contributed by atoms with Crippen LogP contribution in [-0.2, 0) is 4.79 Å². The zero-order valence-electron chi connectivity index (χ0n) is 4.83. The van der Waals surface area contributed by atoms with E-state index in [1.165, 1.54) is 0 Å². The van der Waals surface area contributed by atoms with Crippen LogP contribution in [0.2, 0.25) is 0 Å². The molecule has 0 saturated carbocycles. The maximum Gasteiger partial charge on any atom is 0.138 e. The first-order chi connectivity index (χ1) is 4.24. The lowest BCUT2D eigenvalue weighted by Gasteiger charge is -2.07. The summed E-state index contributed by atoms with van der Waals surface area (Å²) in [5.41, 5.74) is 0. The molecule has 2 atom stereocenters. The minimum absolute atomic E-state index is 0.0689. The Morgan fingerprint density at radius 1 is 1.78 bits per heavy atom. The lowest BCUT2D eigenvalue weighted by molar-refractivity contribution is -0.110. The number of carbonyl (C=O) groups excluding carboxylic acids is 1. The minimum Gasteiger partial charge on any atom is -0.392 e. The highest BCUT2D eigenvalue weighted by Crippen LogP contribution is 2.19. The highest BCUT2D eigenvalue weighted by molar-refractivity contribution is 14.1. The Hall–Kier alpha value is 0.320. The van der Waals surface area contributed by atoms with E-state index >= 15 is 0 Å². The molecule has 1 saturated heterocycles. The summed E-state index contributed by atoms with van der Waals surface area (Å²) in [7, 11) is 0. The van der Waals surface area contributed by atoms with Gasteiger partial charge in [0, 0.05) is 29.4 Å². The van der Waals surface area contributed by atoms with Crippen molar-refractivity contribution in [2.24, 2.45) is 0 Å². The summed E-state index contributed by atoms with van der Waals surface area (Å²) in [5.74, 6) is 0. The number of aliphatic hydroxyl groups excluding tert-OH is 1. The second-order valence-corrected chi connectivity index (χ2v) is 3.41. The Balaban J connectivity index is 2.47. The van der Waals surface area contributed by atoms with Crippen molar-refractivity contribution in [3.05, 3.63) is 0 Å². The molecule has 1 aliphatic heterocycles. The van der Waals surface area contributed by atoms with Crippen molar-refractivity contribution in [1.82, 2.24) is 3.11 Å². The van der Waals surface area contributed by atoms with Crippen LogP contribution in [0, 0.1) is 0 Å². The molecule has 0 aromatic carbocycles. The summed E-state index contributed by atoms with van der Waals surface area (Å²) in [4.78, 5) is 10.2. The van der Waals surface area contributed by atoms with Crippen LogP contribution in [0.25, 0.3) is 0 Å². The molecule has 1 fully saturated rings. The number of aldehydes is 1. The molecule has 0 unspecified atom stereocenters. The molecule has 0 spiro atoms. The van der Waals surface area contributed by atoms with Gasteiger partial charge in [-0.2, -0.15) is 0 Å². The largest absolute Gasteiger partial charge is 0.392 e. The van der Waals surface area contributed by atoms with E-state index in [9.17, 15) is 4.79 Å². The van der Waals surface area contributed by atoms with Gasteiger partial charge in [0.2, 0.25) is 0 Å². The average molecular weight is 241 g/mol. The van der Waals surface area contributed by atoms with Gasteiger partial charge in [-0.25, -0.2) is 3.11 Å². The van der Waals surface area contributed by atoms with Gasteiger partial charge in [0.05, 0.1) is 12.1 Å². The van der Waals surface area contributed by atoms with Crippen LogP contribution in [-0.4, -0.2) is 33.2 Å². The van der Waals surface area contributed by atoms with E-state index in [0.29, 0.717) is 13.0 Å². The van der Waals surface area contributed by atoms with Crippen LogP contribution >= 0.6 is 22.9 Å². The molecule has 3 nitrogen and oxygen atoms in total. The minimum atomic E-state index is -0.308. The van der Waals surface area contributed by atoms with Crippen LogP contribution in [0.5, 0.6) is 0 Å². The number of carbonyl (C=O) groups is 1. The summed E-state index contributed by atoms with van der Waals surface area (Å²) in [6.07, 6.45) is 1.16. The monoisotopic (exact) mass is 241 g/mol. The third kappa shape index (κ3) is 1.62. The molecule has 1 N–H and O–H groups in total. The van der Waals surface area contributed by atoms with Gasteiger partial charge in [-0.15, -0.1) is 0 Å². The summed E-state index contributed by atoms with van der Waals surface area (Å²) in [5, 5.41) is 9.00. The van der Waals surface area contributed by atoms with E-state index < -0.39 is 0 Å². The van der Waals surface area contributed by atoms with Crippen molar-refractivity contribution in [3.63, 3.8) is 0 Å². The van der Waals surface area contributed by atoms with Crippen molar-refractivity contribution in [2.45, 2.75) is 18.6 Å². The van der Waals surface area contributed by atoms with Crippen molar-refractivity contribution in [2.75, 3.05) is 6.54 Å². The Morgan fingerprint density at radius 3 is 2.67 bits per heavy atom. The van der Waals surface area contributed by atoms with Gasteiger partial charge in [-0.3, -0.25) is 0 Å². The van der Waals surface area contributed by atoms with E-state index in [2.05, 4.69) is 22.9 Å². The first-order valence-electron chi connectivity index (χ1n) is 2.80. The molecule has 0 amide bonds. The molecule has 9 heavy (non-hydrogen) atoms. The molecule has 0 aliphatic carbocycles. The van der Waals surface area contributed by atoms with Crippen molar-refractivity contribution in [1.29, 1.82) is 0 Å². The van der Waals surface area contributed by atoms with Gasteiger partial charge >= 0.3 is 0 Å². The van der Waals surface area contributed by atoms with Crippen LogP contribution in [0.3, 0.4) is 0 Å². The highest BCUT2D eigenvalue weighted by Gasteiger charge is 2.28. The molecule has 0 aromatic heterocycles. The number of hydrogen-bond acceptors (Lipinski definition) is 3. The van der Waals surface area contributed by atoms with Crippen LogP contribution in [0.4, 0.5) is 0 Å². The zero-order chi connectivity index (χ0) is 6.85. The Labute approximate surface area is 67.5 Å². The van der Waals surface area contributed by atoms with Gasteiger partial charge in [0.1, 0.15) is 6.29 Å². The summed E-state index contributed by atoms with van der Waals surface area (Å²) < 4.78 is 1.83. The standard InChI is InChI=1S/C5H8INO2/c6-7-2-5(9)1-4(7)3-8/h3-5,9H,1-2H2/t4-,5+/m0/s1. The normalized spacial score (nSPS) is 37.1. The molecule has 0 radical (unpaired) electrons. The predicted octanol–water partition coefficient (Wildman–Crippen LogP) is -0.0295. The molecule has 1 aliphatic rings. The zero-order valence-corrected chi connectivity index (χ0v) is 6.98. The predicted molar refractivity (Wildman–Crippen MR) is 41.2 cm³/mol. The van der Waals surface area contributed by atoms with E-state index in [1.54, 1.807) is 0 Å². The van der Waals surface area contributed by atoms with E-state index in [1.807, 2.05) is 3.11 Å². The van der Waals surface area contributed by atoms with Crippen molar-refractivity contribution < 1.29 is 9.90 Å². The van der Waals surface area contributed by atoms with E-state index in [4.69, 9.17) is 5.11 Å². The molecule has 1 rings (SSSR count). The summed E-state index contributed by atoms with van der Waals surface area (Å²) in [6.45, 7) is 0.615. The molecule has 4 heteroatoms. The van der Waals surface area contributed by atoms with E-state index in [-0.39, 0.29) is 12.1 Å². The molecule has 52 valence electrons. The number of halogens is 1. The molecule has 0 aromatic rings. The second kappa shape index (κ2) is 2.94. The number of aliphatic hydroxyl groups is 1. The summed E-state index contributed by atoms with van der Waals surface area (Å²) in [6, 6.07) is -0.0689. The number of rotatable bonds is 1. The first-order valence-corrected chi connectivity index (χ1v) is 3.76. The third-order valence-corrected chi connectivity index (χ3v) is 2.53. The van der Waals surface area contributed by atoms with E-state index in [0.717, 1.165) is 6.29 Å². The lowest BCUT2D eigenvalue weighted by Crippen LogP contribution is -2.19.